The van der Waals surface area contributed by atoms with Crippen LogP contribution in [0.15, 0.2) is 46.9 Å². The molecular formula is C22H25BrN4O4S. The molecule has 0 aromatic heterocycles. The van der Waals surface area contributed by atoms with Crippen LogP contribution in [-0.2, 0) is 9.59 Å². The van der Waals surface area contributed by atoms with E-state index in [4.69, 9.17) is 17.0 Å². The zero-order chi connectivity index (χ0) is 23.7. The number of carbonyl (C=O) groups excluding carboxylic acids is 3. The lowest BCUT2D eigenvalue weighted by Crippen LogP contribution is -2.49. The van der Waals surface area contributed by atoms with Crippen molar-refractivity contribution in [1.29, 1.82) is 0 Å². The van der Waals surface area contributed by atoms with Gasteiger partial charge in [0.2, 0.25) is 5.91 Å². The number of halogens is 1. The molecule has 2 rings (SSSR count). The van der Waals surface area contributed by atoms with E-state index >= 15 is 0 Å². The van der Waals surface area contributed by atoms with Crippen molar-refractivity contribution in [2.75, 3.05) is 11.9 Å². The van der Waals surface area contributed by atoms with Crippen molar-refractivity contribution in [1.82, 2.24) is 16.2 Å². The highest BCUT2D eigenvalue weighted by molar-refractivity contribution is 9.10. The number of rotatable bonds is 7. The van der Waals surface area contributed by atoms with Gasteiger partial charge in [0.25, 0.3) is 11.8 Å². The van der Waals surface area contributed by atoms with Crippen molar-refractivity contribution in [3.8, 4) is 5.75 Å². The average molecular weight is 521 g/mol. The summed E-state index contributed by atoms with van der Waals surface area (Å²) in [7, 11) is 0. The van der Waals surface area contributed by atoms with Crippen LogP contribution in [0.4, 0.5) is 5.69 Å². The van der Waals surface area contributed by atoms with E-state index < -0.39 is 11.8 Å². The zero-order valence-electron chi connectivity index (χ0n) is 18.0. The number of nitrogens with one attached hydrogen (secondary N) is 4. The Kier molecular flexibility index (Phi) is 9.61. The van der Waals surface area contributed by atoms with Gasteiger partial charge in [-0.3, -0.25) is 30.6 Å². The van der Waals surface area contributed by atoms with Crippen LogP contribution in [-0.4, -0.2) is 29.4 Å². The molecule has 0 saturated carbocycles. The second-order valence-corrected chi connectivity index (χ2v) is 8.70. The van der Waals surface area contributed by atoms with Gasteiger partial charge >= 0.3 is 0 Å². The Hall–Kier alpha value is -2.98. The minimum atomic E-state index is -0.472. The van der Waals surface area contributed by atoms with Crippen molar-refractivity contribution < 1.29 is 19.1 Å². The largest absolute Gasteiger partial charge is 0.483 e. The Labute approximate surface area is 200 Å². The summed E-state index contributed by atoms with van der Waals surface area (Å²) < 4.78 is 6.39. The highest BCUT2D eigenvalue weighted by Crippen LogP contribution is 2.21. The van der Waals surface area contributed by atoms with E-state index in [9.17, 15) is 14.4 Å². The Morgan fingerprint density at radius 1 is 1.03 bits per heavy atom. The molecule has 0 spiro atoms. The molecule has 0 aliphatic rings. The van der Waals surface area contributed by atoms with E-state index in [2.05, 4.69) is 37.4 Å². The van der Waals surface area contributed by atoms with Crippen LogP contribution in [0.25, 0.3) is 0 Å². The van der Waals surface area contributed by atoms with Gasteiger partial charge in [-0.1, -0.05) is 29.8 Å². The molecule has 0 bridgehead atoms. The summed E-state index contributed by atoms with van der Waals surface area (Å²) in [5.41, 5.74) is 6.70. The Bertz CT molecular complexity index is 996. The quantitative estimate of drug-likeness (QED) is 0.329. The molecule has 0 heterocycles. The van der Waals surface area contributed by atoms with Gasteiger partial charge in [-0.15, -0.1) is 0 Å². The molecule has 0 unspecified atom stereocenters. The van der Waals surface area contributed by atoms with Gasteiger partial charge in [0.1, 0.15) is 5.75 Å². The van der Waals surface area contributed by atoms with Crippen LogP contribution in [0, 0.1) is 12.8 Å². The molecule has 0 radical (unpaired) electrons. The maximum Gasteiger partial charge on any atom is 0.269 e. The fourth-order valence-corrected chi connectivity index (χ4v) is 3.23. The second kappa shape index (κ2) is 12.2. The molecule has 0 fully saturated rings. The lowest BCUT2D eigenvalue weighted by atomic mass is 10.1. The van der Waals surface area contributed by atoms with E-state index in [-0.39, 0.29) is 23.5 Å². The number of hydrogen-bond acceptors (Lipinski definition) is 5. The Balaban J connectivity index is 1.75. The molecular weight excluding hydrogens is 496 g/mol. The summed E-state index contributed by atoms with van der Waals surface area (Å²) in [6.45, 7) is 5.56. The third-order valence-corrected chi connectivity index (χ3v) is 4.76. The minimum absolute atomic E-state index is 0.0722. The summed E-state index contributed by atoms with van der Waals surface area (Å²) in [6, 6.07) is 11.8. The first-order valence-electron chi connectivity index (χ1n) is 9.83. The molecule has 170 valence electrons. The van der Waals surface area contributed by atoms with E-state index in [1.807, 2.05) is 32.9 Å². The van der Waals surface area contributed by atoms with Crippen LogP contribution < -0.4 is 26.2 Å². The smallest absolute Gasteiger partial charge is 0.269 e. The third kappa shape index (κ3) is 8.64. The maximum atomic E-state index is 12.2. The third-order valence-electron chi connectivity index (χ3n) is 4.06. The summed E-state index contributed by atoms with van der Waals surface area (Å²) in [6.07, 6.45) is 0.420. The Morgan fingerprint density at radius 3 is 2.34 bits per heavy atom. The average Bonchev–Trinajstić information content (AvgIpc) is 2.71. The molecule has 0 saturated heterocycles. The van der Waals surface area contributed by atoms with E-state index in [1.54, 1.807) is 30.3 Å². The van der Waals surface area contributed by atoms with Gasteiger partial charge in [-0.25, -0.2) is 0 Å². The number of thiocarbonyl (C=S) groups is 1. The van der Waals surface area contributed by atoms with Crippen LogP contribution in [0.2, 0.25) is 0 Å². The SMILES string of the molecule is Cc1cc(Br)ccc1OCC(=O)NC(=S)NNC(=O)c1ccc(NC(=O)CC(C)C)cc1. The van der Waals surface area contributed by atoms with Crippen molar-refractivity contribution in [3.63, 3.8) is 0 Å². The van der Waals surface area contributed by atoms with Gasteiger partial charge < -0.3 is 10.1 Å². The number of hydrogen-bond donors (Lipinski definition) is 4. The molecule has 0 aliphatic carbocycles. The summed E-state index contributed by atoms with van der Waals surface area (Å²) in [4.78, 5) is 36.0. The molecule has 8 nitrogen and oxygen atoms in total. The van der Waals surface area contributed by atoms with E-state index in [1.165, 1.54) is 0 Å². The van der Waals surface area contributed by atoms with Crippen molar-refractivity contribution in [3.05, 3.63) is 58.1 Å². The second-order valence-electron chi connectivity index (χ2n) is 7.38. The summed E-state index contributed by atoms with van der Waals surface area (Å²) in [5.74, 6) is -0.172. The van der Waals surface area contributed by atoms with Gasteiger partial charge in [-0.2, -0.15) is 0 Å². The van der Waals surface area contributed by atoms with E-state index in [0.29, 0.717) is 23.4 Å². The molecule has 32 heavy (non-hydrogen) atoms. The maximum absolute atomic E-state index is 12.2. The summed E-state index contributed by atoms with van der Waals surface area (Å²) in [5, 5.41) is 5.12. The highest BCUT2D eigenvalue weighted by Gasteiger charge is 2.10. The van der Waals surface area contributed by atoms with Crippen molar-refractivity contribution in [2.45, 2.75) is 27.2 Å². The van der Waals surface area contributed by atoms with Gasteiger partial charge in [0.15, 0.2) is 11.7 Å². The number of aryl methyl sites for hydroxylation is 1. The van der Waals surface area contributed by atoms with Gasteiger partial charge in [-0.05, 0) is 73.1 Å². The lowest BCUT2D eigenvalue weighted by Gasteiger charge is -2.12. The topological polar surface area (TPSA) is 109 Å². The number of anilines is 1. The molecule has 0 atom stereocenters. The number of benzene rings is 2. The van der Waals surface area contributed by atoms with Crippen LogP contribution in [0.3, 0.4) is 0 Å². The molecule has 2 aromatic rings. The van der Waals surface area contributed by atoms with Crippen molar-refractivity contribution in [2.24, 2.45) is 5.92 Å². The first-order valence-corrected chi connectivity index (χ1v) is 11.0. The predicted molar refractivity (Wildman–Crippen MR) is 130 cm³/mol. The predicted octanol–water partition coefficient (Wildman–Crippen LogP) is 3.46. The Morgan fingerprint density at radius 2 is 1.72 bits per heavy atom. The standard InChI is InChI=1S/C22H25BrN4O4S/c1-13(2)10-19(28)24-17-7-4-15(5-8-17)21(30)26-27-22(32)25-20(29)12-31-18-9-6-16(23)11-14(18)3/h4-9,11,13H,10,12H2,1-3H3,(H,24,28)(H,26,30)(H2,25,27,29,32). The normalized spacial score (nSPS) is 10.3. The fourth-order valence-electron chi connectivity index (χ4n) is 2.59. The first kappa shape index (κ1) is 25.3. The minimum Gasteiger partial charge on any atom is -0.483 e. The lowest BCUT2D eigenvalue weighted by molar-refractivity contribution is -0.121. The molecule has 10 heteroatoms. The van der Waals surface area contributed by atoms with Crippen molar-refractivity contribution >= 4 is 56.7 Å². The van der Waals surface area contributed by atoms with Crippen LogP contribution in [0.1, 0.15) is 36.2 Å². The highest BCUT2D eigenvalue weighted by atomic mass is 79.9. The van der Waals surface area contributed by atoms with Crippen LogP contribution >= 0.6 is 28.1 Å². The summed E-state index contributed by atoms with van der Waals surface area (Å²) >= 11 is 8.37. The number of hydrazine groups is 1. The van der Waals surface area contributed by atoms with Gasteiger partial charge in [0.05, 0.1) is 0 Å². The first-order chi connectivity index (χ1) is 15.1. The number of amides is 3. The molecule has 4 N–H and O–H groups in total. The zero-order valence-corrected chi connectivity index (χ0v) is 20.4. The monoisotopic (exact) mass is 520 g/mol. The molecule has 2 aromatic carbocycles. The van der Waals surface area contributed by atoms with E-state index in [0.717, 1.165) is 10.0 Å². The fraction of sp³-hybridized carbons (Fsp3) is 0.273. The number of carbonyl (C=O) groups is 3. The molecule has 0 aliphatic heterocycles. The van der Waals surface area contributed by atoms with Crippen LogP contribution in [0.5, 0.6) is 5.75 Å². The molecule has 3 amide bonds. The number of ether oxygens (including phenoxy) is 1. The van der Waals surface area contributed by atoms with Gasteiger partial charge in [0, 0.05) is 22.1 Å².